The van der Waals surface area contributed by atoms with Gasteiger partial charge in [0.15, 0.2) is 5.75 Å². The molecule has 0 aliphatic carbocycles. The molecule has 0 radical (unpaired) electrons. The van der Waals surface area contributed by atoms with Gasteiger partial charge in [-0.1, -0.05) is 30.1 Å². The van der Waals surface area contributed by atoms with Crippen LogP contribution in [0.3, 0.4) is 0 Å². The SMILES string of the molecule is COc1c(Cl)cc(C(=O)N2CCC(C)C(O)C2)cc1Cl. The number of rotatable bonds is 2. The molecule has 2 rings (SSSR count). The van der Waals surface area contributed by atoms with E-state index in [0.717, 1.165) is 6.42 Å². The second kappa shape index (κ2) is 6.20. The van der Waals surface area contributed by atoms with Crippen LogP contribution in [0.15, 0.2) is 12.1 Å². The molecule has 1 fully saturated rings. The van der Waals surface area contributed by atoms with Gasteiger partial charge in [-0.05, 0) is 24.5 Å². The Morgan fingerprint density at radius 1 is 1.40 bits per heavy atom. The zero-order valence-corrected chi connectivity index (χ0v) is 12.9. The first-order chi connectivity index (χ1) is 9.43. The topological polar surface area (TPSA) is 49.8 Å². The number of carbonyl (C=O) groups is 1. The summed E-state index contributed by atoms with van der Waals surface area (Å²) >= 11 is 12.1. The molecule has 1 aliphatic rings. The molecule has 2 unspecified atom stereocenters. The summed E-state index contributed by atoms with van der Waals surface area (Å²) in [6, 6.07) is 3.08. The van der Waals surface area contributed by atoms with Gasteiger partial charge in [-0.15, -0.1) is 0 Å². The van der Waals surface area contributed by atoms with Crippen molar-refractivity contribution in [3.8, 4) is 5.75 Å². The molecule has 0 bridgehead atoms. The largest absolute Gasteiger partial charge is 0.494 e. The summed E-state index contributed by atoms with van der Waals surface area (Å²) in [6.07, 6.45) is 0.293. The summed E-state index contributed by atoms with van der Waals surface area (Å²) in [6.45, 7) is 2.94. The first-order valence-electron chi connectivity index (χ1n) is 6.44. The molecule has 2 atom stereocenters. The van der Waals surface area contributed by atoms with Crippen molar-refractivity contribution >= 4 is 29.1 Å². The average Bonchev–Trinajstić information content (AvgIpc) is 2.40. The first-order valence-corrected chi connectivity index (χ1v) is 7.20. The molecule has 1 saturated heterocycles. The van der Waals surface area contributed by atoms with E-state index in [0.29, 0.717) is 34.4 Å². The van der Waals surface area contributed by atoms with Gasteiger partial charge in [0.1, 0.15) is 0 Å². The van der Waals surface area contributed by atoms with Crippen LogP contribution in [0, 0.1) is 5.92 Å². The fourth-order valence-electron chi connectivity index (χ4n) is 2.29. The Kier molecular flexibility index (Phi) is 4.78. The zero-order valence-electron chi connectivity index (χ0n) is 11.4. The Labute approximate surface area is 128 Å². The zero-order chi connectivity index (χ0) is 14.9. The molecule has 0 saturated carbocycles. The number of aliphatic hydroxyl groups is 1. The molecule has 1 aromatic carbocycles. The number of ether oxygens (including phenoxy) is 1. The van der Waals surface area contributed by atoms with Crippen molar-refractivity contribution in [3.63, 3.8) is 0 Å². The molecule has 6 heteroatoms. The minimum atomic E-state index is -0.489. The van der Waals surface area contributed by atoms with E-state index in [2.05, 4.69) is 0 Å². The van der Waals surface area contributed by atoms with E-state index in [4.69, 9.17) is 27.9 Å². The summed E-state index contributed by atoms with van der Waals surface area (Å²) < 4.78 is 5.06. The van der Waals surface area contributed by atoms with Crippen molar-refractivity contribution in [1.29, 1.82) is 0 Å². The number of aliphatic hydroxyl groups excluding tert-OH is 1. The lowest BCUT2D eigenvalue weighted by atomic mass is 9.95. The second-order valence-corrected chi connectivity index (χ2v) is 5.87. The fraction of sp³-hybridized carbons (Fsp3) is 0.500. The van der Waals surface area contributed by atoms with Crippen molar-refractivity contribution in [1.82, 2.24) is 4.90 Å². The van der Waals surface area contributed by atoms with E-state index in [9.17, 15) is 9.90 Å². The number of carbonyl (C=O) groups excluding carboxylic acids is 1. The van der Waals surface area contributed by atoms with Crippen molar-refractivity contribution in [2.24, 2.45) is 5.92 Å². The Morgan fingerprint density at radius 2 is 2.00 bits per heavy atom. The molecule has 1 N–H and O–H groups in total. The molecule has 0 spiro atoms. The van der Waals surface area contributed by atoms with Crippen molar-refractivity contribution < 1.29 is 14.6 Å². The van der Waals surface area contributed by atoms with Crippen LogP contribution in [0.2, 0.25) is 10.0 Å². The Balaban J connectivity index is 2.21. The van der Waals surface area contributed by atoms with Crippen molar-refractivity contribution in [3.05, 3.63) is 27.7 Å². The highest BCUT2D eigenvalue weighted by atomic mass is 35.5. The molecular formula is C14H17Cl2NO3. The van der Waals surface area contributed by atoms with Gasteiger partial charge >= 0.3 is 0 Å². The number of piperidine rings is 1. The highest BCUT2D eigenvalue weighted by molar-refractivity contribution is 6.37. The van der Waals surface area contributed by atoms with E-state index in [-0.39, 0.29) is 11.8 Å². The van der Waals surface area contributed by atoms with Gasteiger partial charge in [0, 0.05) is 18.7 Å². The van der Waals surface area contributed by atoms with Gasteiger partial charge in [0.25, 0.3) is 5.91 Å². The van der Waals surface area contributed by atoms with Gasteiger partial charge in [0.05, 0.1) is 23.3 Å². The summed E-state index contributed by atoms with van der Waals surface area (Å²) in [7, 11) is 1.47. The maximum atomic E-state index is 12.4. The van der Waals surface area contributed by atoms with Crippen LogP contribution >= 0.6 is 23.2 Å². The Morgan fingerprint density at radius 3 is 2.50 bits per heavy atom. The van der Waals surface area contributed by atoms with E-state index in [1.807, 2.05) is 6.92 Å². The summed E-state index contributed by atoms with van der Waals surface area (Å²) in [5.74, 6) is 0.390. The van der Waals surface area contributed by atoms with Crippen LogP contribution in [0.4, 0.5) is 0 Å². The monoisotopic (exact) mass is 317 g/mol. The van der Waals surface area contributed by atoms with E-state index >= 15 is 0 Å². The number of likely N-dealkylation sites (tertiary alicyclic amines) is 1. The standard InChI is InChI=1S/C14H17Cl2NO3/c1-8-3-4-17(7-12(8)18)14(19)9-5-10(15)13(20-2)11(16)6-9/h5-6,8,12,18H,3-4,7H2,1-2H3. The molecule has 1 aromatic rings. The predicted molar refractivity (Wildman–Crippen MR) is 78.7 cm³/mol. The lowest BCUT2D eigenvalue weighted by molar-refractivity contribution is 0.0248. The lowest BCUT2D eigenvalue weighted by Gasteiger charge is -2.34. The minimum Gasteiger partial charge on any atom is -0.494 e. The number of nitrogens with zero attached hydrogens (tertiary/aromatic N) is 1. The average molecular weight is 318 g/mol. The van der Waals surface area contributed by atoms with Crippen LogP contribution in [-0.4, -0.2) is 42.2 Å². The molecular weight excluding hydrogens is 301 g/mol. The summed E-state index contributed by atoms with van der Waals surface area (Å²) in [4.78, 5) is 14.0. The number of benzene rings is 1. The number of hydrogen-bond acceptors (Lipinski definition) is 3. The van der Waals surface area contributed by atoms with Gasteiger partial charge in [-0.2, -0.15) is 0 Å². The molecule has 0 aromatic heterocycles. The predicted octanol–water partition coefficient (Wildman–Crippen LogP) is 2.84. The van der Waals surface area contributed by atoms with Gasteiger partial charge in [0.2, 0.25) is 0 Å². The fourth-order valence-corrected chi connectivity index (χ4v) is 2.94. The molecule has 1 heterocycles. The number of hydrogen-bond donors (Lipinski definition) is 1. The Hall–Kier alpha value is -0.970. The third-order valence-corrected chi connectivity index (χ3v) is 4.22. The van der Waals surface area contributed by atoms with Gasteiger partial charge in [-0.3, -0.25) is 4.79 Å². The third-order valence-electron chi connectivity index (χ3n) is 3.66. The number of β-amino-alcohol motifs (C(OH)–C–C–N with tert-alkyl or cyclic N) is 1. The van der Waals surface area contributed by atoms with E-state index in [1.165, 1.54) is 7.11 Å². The number of amides is 1. The minimum absolute atomic E-state index is 0.178. The van der Waals surface area contributed by atoms with Crippen LogP contribution in [0.25, 0.3) is 0 Å². The summed E-state index contributed by atoms with van der Waals surface area (Å²) in [5, 5.41) is 10.5. The normalized spacial score (nSPS) is 22.8. The smallest absolute Gasteiger partial charge is 0.254 e. The molecule has 4 nitrogen and oxygen atoms in total. The van der Waals surface area contributed by atoms with Crippen molar-refractivity contribution in [2.45, 2.75) is 19.4 Å². The van der Waals surface area contributed by atoms with E-state index < -0.39 is 6.10 Å². The van der Waals surface area contributed by atoms with Crippen LogP contribution in [-0.2, 0) is 0 Å². The van der Waals surface area contributed by atoms with Crippen LogP contribution in [0.5, 0.6) is 5.75 Å². The Bertz CT molecular complexity index is 498. The third kappa shape index (κ3) is 3.03. The molecule has 1 aliphatic heterocycles. The quantitative estimate of drug-likeness (QED) is 0.912. The number of methoxy groups -OCH3 is 1. The maximum Gasteiger partial charge on any atom is 0.254 e. The van der Waals surface area contributed by atoms with Gasteiger partial charge in [-0.25, -0.2) is 0 Å². The number of halogens is 2. The molecule has 110 valence electrons. The van der Waals surface area contributed by atoms with E-state index in [1.54, 1.807) is 17.0 Å². The van der Waals surface area contributed by atoms with Gasteiger partial charge < -0.3 is 14.7 Å². The van der Waals surface area contributed by atoms with Crippen LogP contribution in [0.1, 0.15) is 23.7 Å². The van der Waals surface area contributed by atoms with Crippen LogP contribution < -0.4 is 4.74 Å². The molecule has 1 amide bonds. The lowest BCUT2D eigenvalue weighted by Crippen LogP contribution is -2.45. The highest BCUT2D eigenvalue weighted by Crippen LogP contribution is 2.34. The highest BCUT2D eigenvalue weighted by Gasteiger charge is 2.28. The molecule has 20 heavy (non-hydrogen) atoms. The maximum absolute atomic E-state index is 12.4. The first kappa shape index (κ1) is 15.4. The summed E-state index contributed by atoms with van der Waals surface area (Å²) in [5.41, 5.74) is 0.405. The van der Waals surface area contributed by atoms with Crippen molar-refractivity contribution in [2.75, 3.05) is 20.2 Å². The second-order valence-electron chi connectivity index (χ2n) is 5.06.